The largest absolute Gasteiger partial charge is 0.493 e. The smallest absolute Gasteiger partial charge is 0.160 e. The van der Waals surface area contributed by atoms with E-state index in [4.69, 9.17) is 4.74 Å². The fourth-order valence-corrected chi connectivity index (χ4v) is 1.85. The summed E-state index contributed by atoms with van der Waals surface area (Å²) in [7, 11) is 3.56. The van der Waals surface area contributed by atoms with Gasteiger partial charge in [0.05, 0.1) is 30.4 Å². The molecule has 0 spiro atoms. The zero-order valence-corrected chi connectivity index (χ0v) is 11.2. The first kappa shape index (κ1) is 12.4. The molecule has 96 valence electrons. The van der Waals surface area contributed by atoms with Crippen LogP contribution in [0.25, 0.3) is 0 Å². The van der Waals surface area contributed by atoms with Crippen LogP contribution in [0.15, 0.2) is 18.5 Å². The highest BCUT2D eigenvalue weighted by Crippen LogP contribution is 2.28. The minimum absolute atomic E-state index is 0.728. The number of aryl methyl sites for hydroxylation is 3. The summed E-state index contributed by atoms with van der Waals surface area (Å²) in [4.78, 5) is 4.21. The molecule has 0 bridgehead atoms. The lowest BCUT2D eigenvalue weighted by molar-refractivity contribution is 0.414. The van der Waals surface area contributed by atoms with Crippen LogP contribution in [0.1, 0.15) is 18.3 Å². The van der Waals surface area contributed by atoms with Crippen LogP contribution in [0.3, 0.4) is 0 Å². The van der Waals surface area contributed by atoms with Gasteiger partial charge in [0.25, 0.3) is 0 Å². The van der Waals surface area contributed by atoms with Crippen LogP contribution in [-0.4, -0.2) is 21.9 Å². The molecule has 0 atom stereocenters. The van der Waals surface area contributed by atoms with Gasteiger partial charge in [0.15, 0.2) is 5.75 Å². The quantitative estimate of drug-likeness (QED) is 0.900. The van der Waals surface area contributed by atoms with Crippen LogP contribution in [0, 0.1) is 6.92 Å². The molecule has 0 saturated carbocycles. The Morgan fingerprint density at radius 1 is 1.39 bits per heavy atom. The summed E-state index contributed by atoms with van der Waals surface area (Å²) >= 11 is 0. The van der Waals surface area contributed by atoms with Crippen molar-refractivity contribution in [3.8, 4) is 5.75 Å². The number of aromatic nitrogens is 3. The van der Waals surface area contributed by atoms with Gasteiger partial charge in [-0.1, -0.05) is 6.92 Å². The number of pyridine rings is 1. The highest BCUT2D eigenvalue weighted by atomic mass is 16.5. The molecule has 5 nitrogen and oxygen atoms in total. The first-order valence-electron chi connectivity index (χ1n) is 5.94. The highest BCUT2D eigenvalue weighted by molar-refractivity contribution is 5.67. The molecule has 5 heteroatoms. The summed E-state index contributed by atoms with van der Waals surface area (Å²) in [6.45, 7) is 4.04. The zero-order chi connectivity index (χ0) is 13.1. The SMILES string of the molecule is CCc1nn(C)cc1Nc1cc(C)ncc1OC. The third-order valence-electron chi connectivity index (χ3n) is 2.73. The topological polar surface area (TPSA) is 52.0 Å². The fraction of sp³-hybridized carbons (Fsp3) is 0.385. The summed E-state index contributed by atoms with van der Waals surface area (Å²) in [5, 5.41) is 7.76. The van der Waals surface area contributed by atoms with E-state index in [2.05, 4.69) is 22.3 Å². The summed E-state index contributed by atoms with van der Waals surface area (Å²) in [6.07, 6.45) is 4.57. The Hall–Kier alpha value is -2.04. The maximum atomic E-state index is 5.30. The van der Waals surface area contributed by atoms with E-state index in [9.17, 15) is 0 Å². The van der Waals surface area contributed by atoms with Crippen LogP contribution in [0.5, 0.6) is 5.75 Å². The molecule has 0 aliphatic rings. The number of ether oxygens (including phenoxy) is 1. The Morgan fingerprint density at radius 2 is 2.17 bits per heavy atom. The van der Waals surface area contributed by atoms with E-state index >= 15 is 0 Å². The van der Waals surface area contributed by atoms with Crippen LogP contribution in [0.4, 0.5) is 11.4 Å². The van der Waals surface area contributed by atoms with E-state index in [0.717, 1.165) is 34.9 Å². The zero-order valence-electron chi connectivity index (χ0n) is 11.2. The van der Waals surface area contributed by atoms with Crippen molar-refractivity contribution in [1.29, 1.82) is 0 Å². The number of methoxy groups -OCH3 is 1. The van der Waals surface area contributed by atoms with Gasteiger partial charge in [-0.25, -0.2) is 0 Å². The van der Waals surface area contributed by atoms with Crippen LogP contribution in [0.2, 0.25) is 0 Å². The van der Waals surface area contributed by atoms with Gasteiger partial charge in [0.2, 0.25) is 0 Å². The van der Waals surface area contributed by atoms with Crippen molar-refractivity contribution in [3.63, 3.8) is 0 Å². The molecular formula is C13H18N4O. The Balaban J connectivity index is 2.35. The normalized spacial score (nSPS) is 10.4. The molecule has 0 unspecified atom stereocenters. The number of hydrogen-bond acceptors (Lipinski definition) is 4. The van der Waals surface area contributed by atoms with Crippen molar-refractivity contribution in [2.75, 3.05) is 12.4 Å². The van der Waals surface area contributed by atoms with E-state index in [1.165, 1.54) is 0 Å². The average molecular weight is 246 g/mol. The second-order valence-corrected chi connectivity index (χ2v) is 4.17. The van der Waals surface area contributed by atoms with E-state index < -0.39 is 0 Å². The van der Waals surface area contributed by atoms with Gasteiger partial charge in [-0.3, -0.25) is 9.67 Å². The standard InChI is InChI=1S/C13H18N4O/c1-5-10-12(8-17(3)16-10)15-11-6-9(2)14-7-13(11)18-4/h6-8H,5H2,1-4H3,(H,14,15). The van der Waals surface area contributed by atoms with Crippen molar-refractivity contribution >= 4 is 11.4 Å². The molecule has 2 heterocycles. The predicted molar refractivity (Wildman–Crippen MR) is 71.4 cm³/mol. The Bertz CT molecular complexity index is 548. The molecule has 2 aromatic rings. The maximum Gasteiger partial charge on any atom is 0.160 e. The van der Waals surface area contributed by atoms with Crippen LogP contribution >= 0.6 is 0 Å². The molecule has 18 heavy (non-hydrogen) atoms. The van der Waals surface area contributed by atoms with Gasteiger partial charge in [0.1, 0.15) is 0 Å². The predicted octanol–water partition coefficient (Wildman–Crippen LogP) is 2.44. The van der Waals surface area contributed by atoms with Crippen molar-refractivity contribution in [3.05, 3.63) is 29.8 Å². The lowest BCUT2D eigenvalue weighted by Gasteiger charge is -2.10. The molecule has 0 saturated heterocycles. The molecule has 0 fully saturated rings. The molecule has 2 aromatic heterocycles. The van der Waals surface area contributed by atoms with E-state index in [0.29, 0.717) is 0 Å². The molecule has 1 N–H and O–H groups in total. The summed E-state index contributed by atoms with van der Waals surface area (Å²) in [6, 6.07) is 1.96. The Morgan fingerprint density at radius 3 is 2.83 bits per heavy atom. The van der Waals surface area contributed by atoms with E-state index in [1.54, 1.807) is 13.3 Å². The number of nitrogens with one attached hydrogen (secondary N) is 1. The summed E-state index contributed by atoms with van der Waals surface area (Å²) < 4.78 is 7.11. The molecule has 0 aromatic carbocycles. The molecule has 0 radical (unpaired) electrons. The van der Waals surface area contributed by atoms with Gasteiger partial charge < -0.3 is 10.1 Å². The molecule has 0 aliphatic heterocycles. The van der Waals surface area contributed by atoms with Gasteiger partial charge in [0, 0.05) is 18.9 Å². The molecule has 0 aliphatic carbocycles. The minimum Gasteiger partial charge on any atom is -0.493 e. The second kappa shape index (κ2) is 5.08. The van der Waals surface area contributed by atoms with Gasteiger partial charge in [-0.2, -0.15) is 5.10 Å². The summed E-state index contributed by atoms with van der Waals surface area (Å²) in [5.74, 6) is 0.728. The number of nitrogens with zero attached hydrogens (tertiary/aromatic N) is 3. The van der Waals surface area contributed by atoms with E-state index in [-0.39, 0.29) is 0 Å². The van der Waals surface area contributed by atoms with Crippen LogP contribution < -0.4 is 10.1 Å². The monoisotopic (exact) mass is 246 g/mol. The van der Waals surface area contributed by atoms with Crippen molar-refractivity contribution < 1.29 is 4.74 Å². The number of rotatable bonds is 4. The van der Waals surface area contributed by atoms with Gasteiger partial charge in [-0.05, 0) is 19.4 Å². The third-order valence-corrected chi connectivity index (χ3v) is 2.73. The molecule has 0 amide bonds. The fourth-order valence-electron chi connectivity index (χ4n) is 1.85. The number of hydrogen-bond donors (Lipinski definition) is 1. The Kier molecular flexibility index (Phi) is 3.50. The van der Waals surface area contributed by atoms with E-state index in [1.807, 2.05) is 30.9 Å². The second-order valence-electron chi connectivity index (χ2n) is 4.17. The van der Waals surface area contributed by atoms with Crippen LogP contribution in [-0.2, 0) is 13.5 Å². The van der Waals surface area contributed by atoms with Gasteiger partial charge >= 0.3 is 0 Å². The lowest BCUT2D eigenvalue weighted by Crippen LogP contribution is -1.98. The Labute approximate surface area is 107 Å². The minimum atomic E-state index is 0.728. The van der Waals surface area contributed by atoms with Crippen molar-refractivity contribution in [2.45, 2.75) is 20.3 Å². The summed E-state index contributed by atoms with van der Waals surface area (Å²) in [5.41, 5.74) is 3.89. The third kappa shape index (κ3) is 2.45. The molecular weight excluding hydrogens is 228 g/mol. The lowest BCUT2D eigenvalue weighted by atomic mass is 10.2. The van der Waals surface area contributed by atoms with Gasteiger partial charge in [-0.15, -0.1) is 0 Å². The average Bonchev–Trinajstić information content (AvgIpc) is 2.70. The van der Waals surface area contributed by atoms with Crippen molar-refractivity contribution in [1.82, 2.24) is 14.8 Å². The highest BCUT2D eigenvalue weighted by Gasteiger charge is 2.09. The first-order chi connectivity index (χ1) is 8.63. The van der Waals surface area contributed by atoms with Crippen molar-refractivity contribution in [2.24, 2.45) is 7.05 Å². The first-order valence-corrected chi connectivity index (χ1v) is 5.94. The number of anilines is 2. The maximum absolute atomic E-state index is 5.30. The molecule has 2 rings (SSSR count).